The second-order valence-corrected chi connectivity index (χ2v) is 6.21. The van der Waals surface area contributed by atoms with Gasteiger partial charge in [-0.15, -0.1) is 11.3 Å². The fourth-order valence-electron chi connectivity index (χ4n) is 2.42. The lowest BCUT2D eigenvalue weighted by Crippen LogP contribution is -2.42. The van der Waals surface area contributed by atoms with Crippen LogP contribution in [-0.2, 0) is 0 Å². The molecule has 106 valence electrons. The minimum atomic E-state index is -0.112. The van der Waals surface area contributed by atoms with E-state index in [9.17, 15) is 4.79 Å². The summed E-state index contributed by atoms with van der Waals surface area (Å²) in [7, 11) is 2.10. The van der Waals surface area contributed by atoms with Crippen molar-refractivity contribution in [2.75, 3.05) is 26.7 Å². The molecule has 2 rings (SSSR count). The summed E-state index contributed by atoms with van der Waals surface area (Å²) in [5, 5.41) is 2.64. The second-order valence-electron chi connectivity index (χ2n) is 5.32. The van der Waals surface area contributed by atoms with Crippen LogP contribution in [0.5, 0.6) is 0 Å². The quantitative estimate of drug-likeness (QED) is 0.889. The molecule has 0 bridgehead atoms. The minimum absolute atomic E-state index is 0.0333. The molecule has 19 heavy (non-hydrogen) atoms. The van der Waals surface area contributed by atoms with Gasteiger partial charge in [-0.3, -0.25) is 4.79 Å². The first-order chi connectivity index (χ1) is 8.99. The van der Waals surface area contributed by atoms with Crippen LogP contribution >= 0.6 is 11.3 Å². The second kappa shape index (κ2) is 5.98. The number of hydrogen-bond acceptors (Lipinski definition) is 5. The molecule has 1 aromatic rings. The molecular weight excluding hydrogens is 260 g/mol. The van der Waals surface area contributed by atoms with Gasteiger partial charge in [-0.2, -0.15) is 0 Å². The number of amides is 1. The van der Waals surface area contributed by atoms with Crippen molar-refractivity contribution in [2.45, 2.75) is 32.4 Å². The van der Waals surface area contributed by atoms with Crippen LogP contribution in [0.3, 0.4) is 0 Å². The highest BCUT2D eigenvalue weighted by Crippen LogP contribution is 2.19. The fraction of sp³-hybridized carbons (Fsp3) is 0.692. The zero-order chi connectivity index (χ0) is 14.0. The Morgan fingerprint density at radius 2 is 2.32 bits per heavy atom. The first-order valence-corrected chi connectivity index (χ1v) is 7.57. The maximum Gasteiger partial charge on any atom is 0.273 e. The number of thiazole rings is 1. The lowest BCUT2D eigenvalue weighted by Gasteiger charge is -2.27. The smallest absolute Gasteiger partial charge is 0.273 e. The van der Waals surface area contributed by atoms with Gasteiger partial charge in [0.2, 0.25) is 0 Å². The van der Waals surface area contributed by atoms with E-state index in [1.54, 1.807) is 0 Å². The first kappa shape index (κ1) is 14.4. The number of carbonyl (C=O) groups is 1. The van der Waals surface area contributed by atoms with Gasteiger partial charge >= 0.3 is 0 Å². The highest BCUT2D eigenvalue weighted by atomic mass is 32.1. The van der Waals surface area contributed by atoms with Crippen LogP contribution in [0.4, 0.5) is 0 Å². The molecule has 1 aliphatic heterocycles. The molecule has 2 atom stereocenters. The lowest BCUT2D eigenvalue weighted by atomic mass is 10.2. The van der Waals surface area contributed by atoms with E-state index in [4.69, 9.17) is 5.73 Å². The molecule has 0 aromatic carbocycles. The van der Waals surface area contributed by atoms with Gasteiger partial charge in [-0.05, 0) is 33.9 Å². The molecule has 6 heteroatoms. The minimum Gasteiger partial charge on any atom is -0.333 e. The zero-order valence-electron chi connectivity index (χ0n) is 11.8. The van der Waals surface area contributed by atoms with Crippen molar-refractivity contribution in [1.82, 2.24) is 14.8 Å². The molecular formula is C13H22N4OS. The van der Waals surface area contributed by atoms with Crippen LogP contribution in [0.2, 0.25) is 0 Å². The normalized spacial score (nSPS) is 23.2. The van der Waals surface area contributed by atoms with Crippen molar-refractivity contribution in [1.29, 1.82) is 0 Å². The molecule has 1 aromatic heterocycles. The van der Waals surface area contributed by atoms with Gasteiger partial charge in [0.15, 0.2) is 0 Å². The van der Waals surface area contributed by atoms with E-state index in [2.05, 4.69) is 23.9 Å². The number of aromatic nitrogens is 1. The van der Waals surface area contributed by atoms with Crippen molar-refractivity contribution < 1.29 is 4.79 Å². The first-order valence-electron chi connectivity index (χ1n) is 6.69. The van der Waals surface area contributed by atoms with Crippen LogP contribution in [0.25, 0.3) is 0 Å². The summed E-state index contributed by atoms with van der Waals surface area (Å²) in [4.78, 5) is 21.1. The van der Waals surface area contributed by atoms with Crippen molar-refractivity contribution in [3.8, 4) is 0 Å². The molecule has 1 aliphatic rings. The summed E-state index contributed by atoms with van der Waals surface area (Å²) in [6.45, 7) is 6.73. The third-order valence-corrected chi connectivity index (χ3v) is 4.48. The Bertz CT molecular complexity index is 446. The van der Waals surface area contributed by atoms with Crippen molar-refractivity contribution in [2.24, 2.45) is 5.73 Å². The Morgan fingerprint density at radius 3 is 2.95 bits per heavy atom. The largest absolute Gasteiger partial charge is 0.333 e. The molecule has 0 spiro atoms. The van der Waals surface area contributed by atoms with Crippen LogP contribution < -0.4 is 5.73 Å². The maximum atomic E-state index is 12.5. The molecule has 1 amide bonds. The molecule has 2 unspecified atom stereocenters. The summed E-state index contributed by atoms with van der Waals surface area (Å²) >= 11 is 1.46. The van der Waals surface area contributed by atoms with Gasteiger partial charge in [0.1, 0.15) is 10.7 Å². The number of likely N-dealkylation sites (N-methyl/N-ethyl adjacent to an activating group) is 1. The van der Waals surface area contributed by atoms with Crippen LogP contribution in [-0.4, -0.2) is 53.4 Å². The van der Waals surface area contributed by atoms with E-state index in [0.717, 1.165) is 31.1 Å². The molecule has 1 fully saturated rings. The van der Waals surface area contributed by atoms with Gasteiger partial charge in [0, 0.05) is 24.5 Å². The van der Waals surface area contributed by atoms with Crippen LogP contribution in [0.1, 0.15) is 41.8 Å². The number of hydrogen-bond donors (Lipinski definition) is 1. The van der Waals surface area contributed by atoms with Gasteiger partial charge in [-0.1, -0.05) is 0 Å². The Balaban J connectivity index is 2.13. The summed E-state index contributed by atoms with van der Waals surface area (Å²) in [6, 6.07) is 0.111. The topological polar surface area (TPSA) is 62.5 Å². The van der Waals surface area contributed by atoms with Crippen molar-refractivity contribution in [3.05, 3.63) is 16.1 Å². The van der Waals surface area contributed by atoms with Gasteiger partial charge in [-0.25, -0.2) is 4.98 Å². The third-order valence-electron chi connectivity index (χ3n) is 3.44. The molecule has 2 heterocycles. The zero-order valence-corrected chi connectivity index (χ0v) is 12.6. The monoisotopic (exact) mass is 282 g/mol. The van der Waals surface area contributed by atoms with Gasteiger partial charge < -0.3 is 15.5 Å². The standard InChI is InChI=1S/C13H22N4OS/c1-9-7-16(3)5-4-6-17(9)13(18)11-8-19-12(15-11)10(2)14/h8-10H,4-7,14H2,1-3H3. The predicted octanol–water partition coefficient (Wildman–Crippen LogP) is 1.33. The number of nitrogens with zero attached hydrogens (tertiary/aromatic N) is 3. The Labute approximate surface area is 118 Å². The molecule has 5 nitrogen and oxygen atoms in total. The van der Waals surface area contributed by atoms with Crippen LogP contribution in [0.15, 0.2) is 5.38 Å². The summed E-state index contributed by atoms with van der Waals surface area (Å²) < 4.78 is 0. The number of nitrogens with two attached hydrogens (primary N) is 1. The fourth-order valence-corrected chi connectivity index (χ4v) is 3.17. The lowest BCUT2D eigenvalue weighted by molar-refractivity contribution is 0.0691. The van der Waals surface area contributed by atoms with Crippen molar-refractivity contribution in [3.63, 3.8) is 0 Å². The Kier molecular flexibility index (Phi) is 4.54. The van der Waals surface area contributed by atoms with E-state index >= 15 is 0 Å². The Hall–Kier alpha value is -0.980. The summed E-state index contributed by atoms with van der Waals surface area (Å²) in [5.41, 5.74) is 6.33. The van der Waals surface area contributed by atoms with Crippen molar-refractivity contribution >= 4 is 17.2 Å². The molecule has 0 saturated carbocycles. The van der Waals surface area contributed by atoms with Gasteiger partial charge in [0.05, 0.1) is 6.04 Å². The average Bonchev–Trinajstić information content (AvgIpc) is 2.77. The SMILES string of the molecule is CC(N)c1nc(C(=O)N2CCCN(C)CC2C)cs1. The van der Waals surface area contributed by atoms with Gasteiger partial charge in [0.25, 0.3) is 5.91 Å². The highest BCUT2D eigenvalue weighted by Gasteiger charge is 2.26. The third kappa shape index (κ3) is 3.32. The maximum absolute atomic E-state index is 12.5. The number of carbonyl (C=O) groups excluding carboxylic acids is 1. The van der Waals surface area contributed by atoms with E-state index in [-0.39, 0.29) is 18.0 Å². The van der Waals surface area contributed by atoms with Crippen LogP contribution in [0, 0.1) is 0 Å². The molecule has 2 N–H and O–H groups in total. The number of rotatable bonds is 2. The van der Waals surface area contributed by atoms with E-state index in [0.29, 0.717) is 5.69 Å². The van der Waals surface area contributed by atoms with E-state index in [1.165, 1.54) is 11.3 Å². The summed E-state index contributed by atoms with van der Waals surface area (Å²) in [6.07, 6.45) is 1.01. The molecule has 0 aliphatic carbocycles. The highest BCUT2D eigenvalue weighted by molar-refractivity contribution is 7.09. The predicted molar refractivity (Wildman–Crippen MR) is 77.3 cm³/mol. The van der Waals surface area contributed by atoms with E-state index < -0.39 is 0 Å². The molecule has 1 saturated heterocycles. The average molecular weight is 282 g/mol. The molecule has 0 radical (unpaired) electrons. The Morgan fingerprint density at radius 1 is 1.58 bits per heavy atom. The summed E-state index contributed by atoms with van der Waals surface area (Å²) in [5.74, 6) is 0.0333. The van der Waals surface area contributed by atoms with E-state index in [1.807, 2.05) is 17.2 Å².